The van der Waals surface area contributed by atoms with Crippen molar-refractivity contribution >= 4 is 46.6 Å². The van der Waals surface area contributed by atoms with E-state index in [0.29, 0.717) is 41.5 Å². The van der Waals surface area contributed by atoms with Crippen LogP contribution >= 0.6 is 23.2 Å². The lowest BCUT2D eigenvalue weighted by Crippen LogP contribution is -2.47. The highest BCUT2D eigenvalue weighted by atomic mass is 35.5. The molecule has 1 aromatic carbocycles. The Labute approximate surface area is 150 Å². The number of nitrogens with one attached hydrogen (secondary N) is 2. The molecule has 8 heteroatoms. The maximum atomic E-state index is 12.5. The normalized spacial score (nSPS) is 16.6. The quantitative estimate of drug-likeness (QED) is 0.805. The molecule has 0 radical (unpaired) electrons. The summed E-state index contributed by atoms with van der Waals surface area (Å²) in [6.07, 6.45) is 1.51. The summed E-state index contributed by atoms with van der Waals surface area (Å²) in [5.74, 6) is -0.729. The fourth-order valence-electron chi connectivity index (χ4n) is 2.51. The average molecular weight is 372 g/mol. The Balaban J connectivity index is 1.99. The third kappa shape index (κ3) is 4.85. The van der Waals surface area contributed by atoms with Crippen molar-refractivity contribution in [2.45, 2.75) is 32.2 Å². The minimum absolute atomic E-state index is 0.0992. The van der Waals surface area contributed by atoms with Crippen molar-refractivity contribution in [3.8, 4) is 0 Å². The maximum Gasteiger partial charge on any atom is 0.245 e. The summed E-state index contributed by atoms with van der Waals surface area (Å²) in [6, 6.07) is 4.20. The maximum absolute atomic E-state index is 12.5. The van der Waals surface area contributed by atoms with Gasteiger partial charge in [-0.25, -0.2) is 0 Å². The molecule has 0 saturated carbocycles. The number of halogens is 2. The molecule has 1 atom stereocenters. The third-order valence-corrected chi connectivity index (χ3v) is 4.19. The molecular weight excluding hydrogens is 353 g/mol. The van der Waals surface area contributed by atoms with Crippen LogP contribution in [0.4, 0.5) is 5.69 Å². The molecule has 6 nitrogen and oxygen atoms in total. The van der Waals surface area contributed by atoms with E-state index < -0.39 is 6.04 Å². The van der Waals surface area contributed by atoms with Crippen LogP contribution in [0.5, 0.6) is 0 Å². The summed E-state index contributed by atoms with van der Waals surface area (Å²) in [7, 11) is 0. The van der Waals surface area contributed by atoms with Gasteiger partial charge in [-0.15, -0.1) is 0 Å². The van der Waals surface area contributed by atoms with E-state index in [1.165, 1.54) is 11.0 Å². The van der Waals surface area contributed by atoms with E-state index in [-0.39, 0.29) is 24.3 Å². The molecular formula is C16H19Cl2N3O3. The van der Waals surface area contributed by atoms with E-state index in [1.807, 2.05) is 6.92 Å². The molecule has 1 fully saturated rings. The first-order valence-corrected chi connectivity index (χ1v) is 8.49. The summed E-state index contributed by atoms with van der Waals surface area (Å²) >= 11 is 11.8. The Morgan fingerprint density at radius 1 is 1.38 bits per heavy atom. The first-order valence-electron chi connectivity index (χ1n) is 7.73. The molecule has 2 rings (SSSR count). The largest absolute Gasteiger partial charge is 0.344 e. The SMILES string of the molecule is CCCN(CC(=O)Nc1ccc(Cl)cc1Cl)C(=O)C1CCC(=O)N1. The Morgan fingerprint density at radius 2 is 2.12 bits per heavy atom. The van der Waals surface area contributed by atoms with Crippen LogP contribution < -0.4 is 10.6 Å². The van der Waals surface area contributed by atoms with E-state index >= 15 is 0 Å². The number of nitrogens with zero attached hydrogens (tertiary/aromatic N) is 1. The number of rotatable bonds is 6. The van der Waals surface area contributed by atoms with Crippen LogP contribution in [0.15, 0.2) is 18.2 Å². The fraction of sp³-hybridized carbons (Fsp3) is 0.438. The van der Waals surface area contributed by atoms with Gasteiger partial charge in [0.1, 0.15) is 6.04 Å². The second kappa shape index (κ2) is 8.35. The number of carbonyl (C=O) groups excluding carboxylic acids is 3. The standard InChI is InChI=1S/C16H19Cl2N3O3/c1-2-7-21(16(24)13-5-6-14(22)20-13)9-15(23)19-12-4-3-10(17)8-11(12)18/h3-4,8,13H,2,5-7,9H2,1H3,(H,19,23)(H,20,22). The summed E-state index contributed by atoms with van der Waals surface area (Å²) in [5, 5.41) is 6.10. The lowest BCUT2D eigenvalue weighted by atomic mass is 10.2. The minimum atomic E-state index is -0.545. The number of benzene rings is 1. The molecule has 1 saturated heterocycles. The van der Waals surface area contributed by atoms with Crippen LogP contribution in [0.1, 0.15) is 26.2 Å². The van der Waals surface area contributed by atoms with Crippen LogP contribution in [-0.2, 0) is 14.4 Å². The average Bonchev–Trinajstić information content (AvgIpc) is 2.95. The van der Waals surface area contributed by atoms with Gasteiger partial charge in [-0.3, -0.25) is 14.4 Å². The van der Waals surface area contributed by atoms with Gasteiger partial charge in [0, 0.05) is 18.0 Å². The van der Waals surface area contributed by atoms with Crippen molar-refractivity contribution in [1.82, 2.24) is 10.2 Å². The van der Waals surface area contributed by atoms with Crippen molar-refractivity contribution in [3.05, 3.63) is 28.2 Å². The van der Waals surface area contributed by atoms with Gasteiger partial charge in [0.15, 0.2) is 0 Å². The highest BCUT2D eigenvalue weighted by Crippen LogP contribution is 2.25. The number of anilines is 1. The van der Waals surface area contributed by atoms with Crippen molar-refractivity contribution in [1.29, 1.82) is 0 Å². The number of carbonyl (C=O) groups is 3. The van der Waals surface area contributed by atoms with Gasteiger partial charge in [-0.05, 0) is 31.0 Å². The molecule has 1 aliphatic rings. The molecule has 1 aromatic rings. The van der Waals surface area contributed by atoms with Crippen LogP contribution in [0, 0.1) is 0 Å². The van der Waals surface area contributed by atoms with E-state index in [0.717, 1.165) is 0 Å². The zero-order chi connectivity index (χ0) is 17.7. The predicted molar refractivity (Wildman–Crippen MR) is 93.1 cm³/mol. The molecule has 3 amide bonds. The van der Waals surface area contributed by atoms with Crippen molar-refractivity contribution in [2.75, 3.05) is 18.4 Å². The van der Waals surface area contributed by atoms with Gasteiger partial charge >= 0.3 is 0 Å². The molecule has 24 heavy (non-hydrogen) atoms. The van der Waals surface area contributed by atoms with Gasteiger partial charge in [-0.2, -0.15) is 0 Å². The zero-order valence-corrected chi connectivity index (χ0v) is 14.8. The Bertz CT molecular complexity index is 651. The molecule has 1 heterocycles. The second-order valence-electron chi connectivity index (χ2n) is 5.59. The van der Waals surface area contributed by atoms with E-state index in [1.54, 1.807) is 12.1 Å². The molecule has 130 valence electrons. The molecule has 0 aromatic heterocycles. The smallest absolute Gasteiger partial charge is 0.245 e. The Kier molecular flexibility index (Phi) is 6.45. The molecule has 0 aliphatic carbocycles. The Hall–Kier alpha value is -1.79. The Morgan fingerprint density at radius 3 is 2.71 bits per heavy atom. The van der Waals surface area contributed by atoms with Crippen LogP contribution in [0.25, 0.3) is 0 Å². The van der Waals surface area contributed by atoms with Crippen LogP contribution in [0.3, 0.4) is 0 Å². The van der Waals surface area contributed by atoms with E-state index in [2.05, 4.69) is 10.6 Å². The highest BCUT2D eigenvalue weighted by molar-refractivity contribution is 6.36. The number of hydrogen-bond acceptors (Lipinski definition) is 3. The topological polar surface area (TPSA) is 78.5 Å². The van der Waals surface area contributed by atoms with Gasteiger partial charge in [-0.1, -0.05) is 30.1 Å². The third-order valence-electron chi connectivity index (χ3n) is 3.64. The van der Waals surface area contributed by atoms with Crippen LogP contribution in [-0.4, -0.2) is 41.8 Å². The molecule has 1 aliphatic heterocycles. The van der Waals surface area contributed by atoms with Crippen LogP contribution in [0.2, 0.25) is 10.0 Å². The lowest BCUT2D eigenvalue weighted by Gasteiger charge is -2.24. The van der Waals surface area contributed by atoms with Gasteiger partial charge in [0.05, 0.1) is 17.3 Å². The van der Waals surface area contributed by atoms with Crippen molar-refractivity contribution in [3.63, 3.8) is 0 Å². The van der Waals surface area contributed by atoms with Gasteiger partial charge < -0.3 is 15.5 Å². The monoisotopic (exact) mass is 371 g/mol. The van der Waals surface area contributed by atoms with E-state index in [4.69, 9.17) is 23.2 Å². The fourth-order valence-corrected chi connectivity index (χ4v) is 2.97. The van der Waals surface area contributed by atoms with Crippen molar-refractivity contribution in [2.24, 2.45) is 0 Å². The number of amides is 3. The molecule has 2 N–H and O–H groups in total. The number of hydrogen-bond donors (Lipinski definition) is 2. The first kappa shape index (κ1) is 18.5. The van der Waals surface area contributed by atoms with Gasteiger partial charge in [0.25, 0.3) is 0 Å². The van der Waals surface area contributed by atoms with Crippen molar-refractivity contribution < 1.29 is 14.4 Å². The molecule has 0 spiro atoms. The summed E-state index contributed by atoms with van der Waals surface area (Å²) in [4.78, 5) is 37.4. The lowest BCUT2D eigenvalue weighted by molar-refractivity contribution is -0.137. The molecule has 0 bridgehead atoms. The first-order chi connectivity index (χ1) is 11.4. The molecule has 1 unspecified atom stereocenters. The zero-order valence-electron chi connectivity index (χ0n) is 13.3. The summed E-state index contributed by atoms with van der Waals surface area (Å²) < 4.78 is 0. The van der Waals surface area contributed by atoms with E-state index in [9.17, 15) is 14.4 Å². The summed E-state index contributed by atoms with van der Waals surface area (Å²) in [5.41, 5.74) is 0.434. The summed E-state index contributed by atoms with van der Waals surface area (Å²) in [6.45, 7) is 2.26. The predicted octanol–water partition coefficient (Wildman–Crippen LogP) is 2.45. The minimum Gasteiger partial charge on any atom is -0.344 e. The van der Waals surface area contributed by atoms with Gasteiger partial charge in [0.2, 0.25) is 17.7 Å². The highest BCUT2D eigenvalue weighted by Gasteiger charge is 2.31. The second-order valence-corrected chi connectivity index (χ2v) is 6.43.